The average Bonchev–Trinajstić information content (AvgIpc) is 3.40. The molecule has 8 heteroatoms. The summed E-state index contributed by atoms with van der Waals surface area (Å²) in [5.41, 5.74) is 2.69. The fraction of sp³-hybridized carbons (Fsp3) is 0.357. The molecule has 186 valence electrons. The molecule has 1 saturated heterocycles. The second-order valence-corrected chi connectivity index (χ2v) is 9.83. The van der Waals surface area contributed by atoms with Crippen molar-refractivity contribution in [3.05, 3.63) is 66.2 Å². The van der Waals surface area contributed by atoms with Crippen LogP contribution in [0.5, 0.6) is 0 Å². The third-order valence-corrected chi connectivity index (χ3v) is 7.41. The quantitative estimate of drug-likeness (QED) is 0.496. The molecule has 1 aliphatic heterocycles. The van der Waals surface area contributed by atoms with Crippen LogP contribution in [0.1, 0.15) is 44.6 Å². The van der Waals surface area contributed by atoms with Crippen molar-refractivity contribution in [1.82, 2.24) is 20.0 Å². The van der Waals surface area contributed by atoms with Crippen LogP contribution in [-0.2, 0) is 9.59 Å². The van der Waals surface area contributed by atoms with Crippen LogP contribution in [0.4, 0.5) is 10.6 Å². The number of hydrogen-bond donors (Lipinski definition) is 2. The highest BCUT2D eigenvalue weighted by molar-refractivity contribution is 6.10. The van der Waals surface area contributed by atoms with Crippen molar-refractivity contribution in [2.75, 3.05) is 11.9 Å². The van der Waals surface area contributed by atoms with Gasteiger partial charge in [-0.25, -0.2) is 9.48 Å². The zero-order valence-electron chi connectivity index (χ0n) is 20.7. The number of rotatable bonds is 6. The number of imide groups is 1. The predicted octanol–water partition coefficient (Wildman–Crippen LogP) is 4.68. The van der Waals surface area contributed by atoms with Crippen molar-refractivity contribution in [2.45, 2.75) is 51.5 Å². The number of anilines is 1. The van der Waals surface area contributed by atoms with Crippen molar-refractivity contribution in [3.63, 3.8) is 0 Å². The molecule has 36 heavy (non-hydrogen) atoms. The normalized spacial score (nSPS) is 21.6. The smallest absolute Gasteiger partial charge is 0.323 e. The van der Waals surface area contributed by atoms with Crippen molar-refractivity contribution < 1.29 is 14.4 Å². The second-order valence-electron chi connectivity index (χ2n) is 9.83. The molecule has 2 N–H and O–H groups in total. The van der Waals surface area contributed by atoms with E-state index in [1.54, 1.807) is 10.7 Å². The molecule has 0 unspecified atom stereocenters. The molecule has 0 atom stereocenters. The molecule has 2 aliphatic rings. The standard InChI is InChI=1S/C28H31N5O3/c1-3-20-13-15-28(16-14-20)26(35)32(27(36)30-28)18-25(34)29-24-17-23(21-11-9-19(2)10-12-21)31-33(24)22-7-5-4-6-8-22/h4-12,17,20H,3,13-16,18H2,1-2H3,(H,29,34)(H,30,36). The SMILES string of the molecule is CCC1CCC2(CC1)NC(=O)N(CC(=O)Nc1cc(-c3ccc(C)cc3)nn1-c1ccccc1)C2=O. The zero-order chi connectivity index (χ0) is 25.3. The fourth-order valence-corrected chi connectivity index (χ4v) is 5.16. The van der Waals surface area contributed by atoms with E-state index in [1.807, 2.05) is 61.5 Å². The lowest BCUT2D eigenvalue weighted by molar-refractivity contribution is -0.135. The Bertz CT molecular complexity index is 1270. The summed E-state index contributed by atoms with van der Waals surface area (Å²) < 4.78 is 1.66. The number of hydrogen-bond acceptors (Lipinski definition) is 4. The molecule has 0 bridgehead atoms. The maximum atomic E-state index is 13.2. The molecule has 8 nitrogen and oxygen atoms in total. The number of nitrogens with one attached hydrogen (secondary N) is 2. The molecule has 1 saturated carbocycles. The van der Waals surface area contributed by atoms with Gasteiger partial charge in [0.2, 0.25) is 5.91 Å². The van der Waals surface area contributed by atoms with E-state index in [1.165, 1.54) is 0 Å². The lowest BCUT2D eigenvalue weighted by Crippen LogP contribution is -2.49. The van der Waals surface area contributed by atoms with Gasteiger partial charge in [-0.05, 0) is 50.7 Å². The molecular formula is C28H31N5O3. The predicted molar refractivity (Wildman–Crippen MR) is 138 cm³/mol. The first kappa shape index (κ1) is 23.8. The first-order chi connectivity index (χ1) is 17.4. The van der Waals surface area contributed by atoms with Crippen LogP contribution in [0.3, 0.4) is 0 Å². The fourth-order valence-electron chi connectivity index (χ4n) is 5.16. The molecule has 2 aromatic carbocycles. The van der Waals surface area contributed by atoms with Crippen LogP contribution in [0, 0.1) is 12.8 Å². The third-order valence-electron chi connectivity index (χ3n) is 7.41. The van der Waals surface area contributed by atoms with E-state index in [2.05, 4.69) is 17.6 Å². The highest BCUT2D eigenvalue weighted by Crippen LogP contribution is 2.37. The van der Waals surface area contributed by atoms with E-state index in [9.17, 15) is 14.4 Å². The molecule has 2 fully saturated rings. The van der Waals surface area contributed by atoms with Gasteiger partial charge in [0.05, 0.1) is 11.4 Å². The van der Waals surface area contributed by atoms with E-state index < -0.39 is 17.5 Å². The van der Waals surface area contributed by atoms with Crippen molar-refractivity contribution in [2.24, 2.45) is 5.92 Å². The second kappa shape index (κ2) is 9.60. The highest BCUT2D eigenvalue weighted by atomic mass is 16.2. The summed E-state index contributed by atoms with van der Waals surface area (Å²) in [6.45, 7) is 3.83. The number of aryl methyl sites for hydroxylation is 1. The minimum atomic E-state index is -0.868. The number of nitrogens with zero attached hydrogens (tertiary/aromatic N) is 3. The van der Waals surface area contributed by atoms with E-state index >= 15 is 0 Å². The largest absolute Gasteiger partial charge is 0.325 e. The number of benzene rings is 2. The monoisotopic (exact) mass is 485 g/mol. The summed E-state index contributed by atoms with van der Waals surface area (Å²) in [4.78, 5) is 40.0. The highest BCUT2D eigenvalue weighted by Gasteiger charge is 2.52. The molecule has 4 amide bonds. The van der Waals surface area contributed by atoms with Gasteiger partial charge in [0, 0.05) is 11.6 Å². The Kier molecular flexibility index (Phi) is 6.35. The summed E-state index contributed by atoms with van der Waals surface area (Å²) in [5, 5.41) is 10.5. The Balaban J connectivity index is 1.35. The van der Waals surface area contributed by atoms with Gasteiger partial charge in [-0.2, -0.15) is 5.10 Å². The van der Waals surface area contributed by atoms with E-state index in [4.69, 9.17) is 5.10 Å². The van der Waals surface area contributed by atoms with Gasteiger partial charge in [0.15, 0.2) is 0 Å². The van der Waals surface area contributed by atoms with Crippen LogP contribution in [0.25, 0.3) is 16.9 Å². The Labute approximate surface area is 210 Å². The van der Waals surface area contributed by atoms with Gasteiger partial charge in [0.1, 0.15) is 17.9 Å². The van der Waals surface area contributed by atoms with E-state index in [-0.39, 0.29) is 12.5 Å². The number of carbonyl (C=O) groups excluding carboxylic acids is 3. The molecule has 0 radical (unpaired) electrons. The molecule has 1 aromatic heterocycles. The third kappa shape index (κ3) is 4.51. The van der Waals surface area contributed by atoms with E-state index in [0.29, 0.717) is 30.3 Å². The van der Waals surface area contributed by atoms with Crippen LogP contribution >= 0.6 is 0 Å². The van der Waals surface area contributed by atoms with Gasteiger partial charge in [-0.3, -0.25) is 14.5 Å². The maximum Gasteiger partial charge on any atom is 0.325 e. The number of urea groups is 1. The number of para-hydroxylation sites is 1. The first-order valence-electron chi connectivity index (χ1n) is 12.5. The topological polar surface area (TPSA) is 96.3 Å². The number of aromatic nitrogens is 2. The number of carbonyl (C=O) groups is 3. The summed E-state index contributed by atoms with van der Waals surface area (Å²) in [6, 6.07) is 18.8. The molecule has 5 rings (SSSR count). The van der Waals surface area contributed by atoms with E-state index in [0.717, 1.165) is 41.0 Å². The van der Waals surface area contributed by atoms with Crippen LogP contribution in [-0.4, -0.2) is 44.6 Å². The minimum absolute atomic E-state index is 0.297. The Hall–Kier alpha value is -3.94. The molecule has 1 aliphatic carbocycles. The molecule has 3 aromatic rings. The van der Waals surface area contributed by atoms with Crippen molar-refractivity contribution >= 4 is 23.7 Å². The van der Waals surface area contributed by atoms with Gasteiger partial charge < -0.3 is 10.6 Å². The van der Waals surface area contributed by atoms with Gasteiger partial charge in [0.25, 0.3) is 5.91 Å². The van der Waals surface area contributed by atoms with Crippen LogP contribution in [0.2, 0.25) is 0 Å². The Morgan fingerprint density at radius 3 is 2.44 bits per heavy atom. The lowest BCUT2D eigenvalue weighted by Gasteiger charge is -2.34. The molecular weight excluding hydrogens is 454 g/mol. The van der Waals surface area contributed by atoms with Crippen LogP contribution in [0.15, 0.2) is 60.7 Å². The Morgan fingerprint density at radius 2 is 1.78 bits per heavy atom. The summed E-state index contributed by atoms with van der Waals surface area (Å²) in [5.74, 6) is 0.296. The maximum absolute atomic E-state index is 13.2. The summed E-state index contributed by atoms with van der Waals surface area (Å²) in [7, 11) is 0. The summed E-state index contributed by atoms with van der Waals surface area (Å²) >= 11 is 0. The first-order valence-corrected chi connectivity index (χ1v) is 12.5. The Morgan fingerprint density at radius 1 is 1.08 bits per heavy atom. The average molecular weight is 486 g/mol. The zero-order valence-corrected chi connectivity index (χ0v) is 20.7. The van der Waals surface area contributed by atoms with Crippen LogP contribution < -0.4 is 10.6 Å². The minimum Gasteiger partial charge on any atom is -0.323 e. The van der Waals surface area contributed by atoms with Gasteiger partial charge in [-0.15, -0.1) is 0 Å². The molecule has 2 heterocycles. The van der Waals surface area contributed by atoms with Crippen molar-refractivity contribution in [1.29, 1.82) is 0 Å². The van der Waals surface area contributed by atoms with Gasteiger partial charge in [-0.1, -0.05) is 61.4 Å². The number of amides is 4. The summed E-state index contributed by atoms with van der Waals surface area (Å²) in [6.07, 6.45) is 4.12. The van der Waals surface area contributed by atoms with Gasteiger partial charge >= 0.3 is 6.03 Å². The lowest BCUT2D eigenvalue weighted by atomic mass is 9.75. The molecule has 1 spiro atoms. The van der Waals surface area contributed by atoms with Crippen molar-refractivity contribution in [3.8, 4) is 16.9 Å².